The van der Waals surface area contributed by atoms with Gasteiger partial charge in [-0.05, 0) is 5.38 Å². The summed E-state index contributed by atoms with van der Waals surface area (Å²) in [5, 5.41) is 6.79. The van der Waals surface area contributed by atoms with Gasteiger partial charge in [-0.2, -0.15) is 0 Å². The van der Waals surface area contributed by atoms with E-state index in [4.69, 9.17) is 0 Å². The van der Waals surface area contributed by atoms with E-state index in [9.17, 15) is 4.79 Å². The molecule has 0 aromatic carbocycles. The van der Waals surface area contributed by atoms with Crippen LogP contribution < -0.4 is 5.32 Å². The maximum absolute atomic E-state index is 11.1. The number of anilines is 1. The van der Waals surface area contributed by atoms with Gasteiger partial charge < -0.3 is 5.32 Å². The first-order valence-corrected chi connectivity index (χ1v) is 4.97. The molecule has 2 heterocycles. The van der Waals surface area contributed by atoms with Gasteiger partial charge in [0.1, 0.15) is 0 Å². The Morgan fingerprint density at radius 2 is 2.45 bits per heavy atom. The molecule has 0 aliphatic carbocycles. The fourth-order valence-corrected chi connectivity index (χ4v) is 2.22. The number of hydrogen-bond donors (Lipinski definition) is 1. The highest BCUT2D eigenvalue weighted by molar-refractivity contribution is 14.1. The molecule has 0 radical (unpaired) electrons. The van der Waals surface area contributed by atoms with Crippen molar-refractivity contribution in [3.63, 3.8) is 0 Å². The van der Waals surface area contributed by atoms with Crippen molar-refractivity contribution in [2.45, 2.75) is 6.54 Å². The lowest BCUT2D eigenvalue weighted by molar-refractivity contribution is 0.239. The number of thiophene rings is 1. The van der Waals surface area contributed by atoms with Crippen molar-refractivity contribution in [3.05, 3.63) is 16.3 Å². The Kier molecular flexibility index (Phi) is 1.76. The number of urea groups is 1. The molecule has 0 saturated carbocycles. The van der Waals surface area contributed by atoms with E-state index in [0.717, 1.165) is 5.69 Å². The molecular formula is C6H5IN2OS. The van der Waals surface area contributed by atoms with Gasteiger partial charge in [0.05, 0.1) is 35.1 Å². The predicted octanol–water partition coefficient (Wildman–Crippen LogP) is 2.45. The van der Waals surface area contributed by atoms with Crippen LogP contribution in [0.2, 0.25) is 0 Å². The molecule has 1 aliphatic heterocycles. The van der Waals surface area contributed by atoms with E-state index in [2.05, 4.69) is 10.7 Å². The Balaban J connectivity index is 2.37. The largest absolute Gasteiger partial charge is 0.330 e. The van der Waals surface area contributed by atoms with Crippen molar-refractivity contribution in [1.82, 2.24) is 3.11 Å². The fraction of sp³-hybridized carbons (Fsp3) is 0.167. The van der Waals surface area contributed by atoms with Crippen LogP contribution in [-0.2, 0) is 6.54 Å². The van der Waals surface area contributed by atoms with Gasteiger partial charge in [-0.15, -0.1) is 11.3 Å². The highest BCUT2D eigenvalue weighted by Gasteiger charge is 2.20. The molecule has 0 saturated heterocycles. The van der Waals surface area contributed by atoms with Crippen LogP contribution in [0.25, 0.3) is 0 Å². The molecule has 2 amide bonds. The number of carbonyl (C=O) groups is 1. The van der Waals surface area contributed by atoms with Crippen LogP contribution >= 0.6 is 34.2 Å². The molecule has 2 rings (SSSR count). The summed E-state index contributed by atoms with van der Waals surface area (Å²) in [5.74, 6) is 0. The van der Waals surface area contributed by atoms with Crippen LogP contribution in [0.5, 0.6) is 0 Å². The second-order valence-electron chi connectivity index (χ2n) is 2.26. The van der Waals surface area contributed by atoms with Crippen molar-refractivity contribution in [2.24, 2.45) is 0 Å². The topological polar surface area (TPSA) is 32.3 Å². The van der Waals surface area contributed by atoms with E-state index < -0.39 is 0 Å². The number of halogens is 1. The average molecular weight is 280 g/mol. The summed E-state index contributed by atoms with van der Waals surface area (Å²) < 4.78 is 1.63. The van der Waals surface area contributed by atoms with E-state index in [1.807, 2.05) is 28.2 Å². The quantitative estimate of drug-likeness (QED) is 0.574. The third-order valence-corrected chi connectivity index (χ3v) is 3.08. The molecule has 0 spiro atoms. The first-order valence-electron chi connectivity index (χ1n) is 3.07. The van der Waals surface area contributed by atoms with Gasteiger partial charge in [-0.1, -0.05) is 0 Å². The van der Waals surface area contributed by atoms with Crippen molar-refractivity contribution in [1.29, 1.82) is 0 Å². The first kappa shape index (κ1) is 7.35. The summed E-state index contributed by atoms with van der Waals surface area (Å²) >= 11 is 3.62. The van der Waals surface area contributed by atoms with Crippen molar-refractivity contribution in [2.75, 3.05) is 5.32 Å². The minimum Gasteiger partial charge on any atom is -0.306 e. The second kappa shape index (κ2) is 2.63. The average Bonchev–Trinajstić information content (AvgIpc) is 2.36. The summed E-state index contributed by atoms with van der Waals surface area (Å²) in [6.45, 7) is 0.714. The zero-order valence-corrected chi connectivity index (χ0v) is 8.48. The highest BCUT2D eigenvalue weighted by atomic mass is 127. The van der Waals surface area contributed by atoms with Gasteiger partial charge >= 0.3 is 6.03 Å². The Labute approximate surface area is 81.9 Å². The molecule has 58 valence electrons. The molecule has 5 heteroatoms. The van der Waals surface area contributed by atoms with Crippen LogP contribution in [0, 0.1) is 0 Å². The lowest BCUT2D eigenvalue weighted by Crippen LogP contribution is -2.30. The zero-order chi connectivity index (χ0) is 7.84. The standard InChI is InChI=1S/C6H5IN2OS/c7-9-1-4-2-11-3-5(4)8-6(9)10/h2-3H,1H2,(H,8,10). The monoisotopic (exact) mass is 280 g/mol. The third-order valence-electron chi connectivity index (χ3n) is 1.51. The SMILES string of the molecule is O=C1Nc2cscc2CN1I. The van der Waals surface area contributed by atoms with E-state index in [-0.39, 0.29) is 6.03 Å². The summed E-state index contributed by atoms with van der Waals surface area (Å²) in [4.78, 5) is 11.1. The Bertz CT molecular complexity index is 299. The summed E-state index contributed by atoms with van der Waals surface area (Å²) in [6, 6.07) is -0.0310. The number of rotatable bonds is 0. The highest BCUT2D eigenvalue weighted by Crippen LogP contribution is 2.28. The molecular weight excluding hydrogens is 275 g/mol. The number of nitrogens with one attached hydrogen (secondary N) is 1. The van der Waals surface area contributed by atoms with Gasteiger partial charge in [0.2, 0.25) is 0 Å². The van der Waals surface area contributed by atoms with Crippen LogP contribution in [0.4, 0.5) is 10.5 Å². The summed E-state index contributed by atoms with van der Waals surface area (Å²) in [7, 11) is 0. The molecule has 11 heavy (non-hydrogen) atoms. The zero-order valence-electron chi connectivity index (χ0n) is 5.50. The second-order valence-corrected chi connectivity index (χ2v) is 4.17. The number of hydrogen-bond acceptors (Lipinski definition) is 2. The van der Waals surface area contributed by atoms with E-state index in [0.29, 0.717) is 6.54 Å². The maximum Gasteiger partial charge on any atom is 0.330 e. The molecule has 0 bridgehead atoms. The molecule has 0 atom stereocenters. The lowest BCUT2D eigenvalue weighted by atomic mass is 10.2. The number of fused-ring (bicyclic) bond motifs is 1. The normalized spacial score (nSPS) is 16.1. The van der Waals surface area contributed by atoms with Crippen LogP contribution in [0.1, 0.15) is 5.56 Å². The van der Waals surface area contributed by atoms with Crippen molar-refractivity contribution in [3.8, 4) is 0 Å². The summed E-state index contributed by atoms with van der Waals surface area (Å²) in [5.41, 5.74) is 2.16. The van der Waals surface area contributed by atoms with Gasteiger partial charge in [0.15, 0.2) is 0 Å². The van der Waals surface area contributed by atoms with Gasteiger partial charge in [0, 0.05) is 10.9 Å². The molecule has 1 aromatic heterocycles. The molecule has 1 aromatic rings. The molecule has 1 aliphatic rings. The van der Waals surface area contributed by atoms with Gasteiger partial charge in [0.25, 0.3) is 0 Å². The predicted molar refractivity (Wildman–Crippen MR) is 52.9 cm³/mol. The van der Waals surface area contributed by atoms with Crippen LogP contribution in [0.15, 0.2) is 10.8 Å². The minimum atomic E-state index is -0.0310. The van der Waals surface area contributed by atoms with Gasteiger partial charge in [-0.3, -0.25) is 3.11 Å². The molecule has 0 fully saturated rings. The number of nitrogens with zero attached hydrogens (tertiary/aromatic N) is 1. The Morgan fingerprint density at radius 1 is 1.64 bits per heavy atom. The Hall–Kier alpha value is -0.300. The van der Waals surface area contributed by atoms with Gasteiger partial charge in [-0.25, -0.2) is 4.79 Å². The number of amides is 2. The molecule has 0 unspecified atom stereocenters. The third kappa shape index (κ3) is 1.22. The maximum atomic E-state index is 11.1. The lowest BCUT2D eigenvalue weighted by Gasteiger charge is -2.20. The first-order chi connectivity index (χ1) is 5.27. The van der Waals surface area contributed by atoms with Crippen molar-refractivity contribution >= 4 is 45.9 Å². The fourth-order valence-electron chi connectivity index (χ4n) is 0.953. The van der Waals surface area contributed by atoms with Crippen LogP contribution in [0.3, 0.4) is 0 Å². The van der Waals surface area contributed by atoms with Crippen LogP contribution in [-0.4, -0.2) is 9.14 Å². The van der Waals surface area contributed by atoms with E-state index in [1.54, 1.807) is 14.5 Å². The Morgan fingerprint density at radius 3 is 3.27 bits per heavy atom. The smallest absolute Gasteiger partial charge is 0.306 e. The summed E-state index contributed by atoms with van der Waals surface area (Å²) in [6.07, 6.45) is 0. The van der Waals surface area contributed by atoms with E-state index in [1.165, 1.54) is 5.56 Å². The van der Waals surface area contributed by atoms with Crippen molar-refractivity contribution < 1.29 is 4.79 Å². The minimum absolute atomic E-state index is 0.0310. The molecule has 3 nitrogen and oxygen atoms in total. The number of carbonyl (C=O) groups excluding carboxylic acids is 1. The van der Waals surface area contributed by atoms with E-state index >= 15 is 0 Å². The molecule has 1 N–H and O–H groups in total.